The monoisotopic (exact) mass is 383 g/mol. The molecule has 6 heteroatoms. The fraction of sp³-hybridized carbons (Fsp3) is 0.409. The molecule has 28 heavy (non-hydrogen) atoms. The lowest BCUT2D eigenvalue weighted by Crippen LogP contribution is -2.49. The van der Waals surface area contributed by atoms with Crippen LogP contribution in [0.2, 0.25) is 0 Å². The molecule has 0 aliphatic carbocycles. The van der Waals surface area contributed by atoms with E-state index < -0.39 is 6.10 Å². The van der Waals surface area contributed by atoms with Crippen molar-refractivity contribution in [1.29, 1.82) is 0 Å². The summed E-state index contributed by atoms with van der Waals surface area (Å²) in [6, 6.07) is 11.4. The fourth-order valence-electron chi connectivity index (χ4n) is 3.98. The van der Waals surface area contributed by atoms with Gasteiger partial charge in [-0.1, -0.05) is 12.1 Å². The predicted octanol–water partition coefficient (Wildman–Crippen LogP) is 2.40. The molecule has 0 spiro atoms. The Bertz CT molecular complexity index is 864. The summed E-state index contributed by atoms with van der Waals surface area (Å²) in [5.41, 5.74) is 3.68. The van der Waals surface area contributed by atoms with Gasteiger partial charge >= 0.3 is 0 Å². The van der Waals surface area contributed by atoms with Gasteiger partial charge < -0.3 is 24.2 Å². The Balaban J connectivity index is 1.60. The molecular weight excluding hydrogens is 358 g/mol. The van der Waals surface area contributed by atoms with Gasteiger partial charge in [-0.05, 0) is 47.4 Å². The van der Waals surface area contributed by atoms with Crippen LogP contribution < -0.4 is 9.47 Å². The number of aliphatic hydroxyl groups is 1. The Morgan fingerprint density at radius 2 is 1.96 bits per heavy atom. The highest BCUT2D eigenvalue weighted by molar-refractivity contribution is 5.99. The van der Waals surface area contributed by atoms with Gasteiger partial charge in [0.2, 0.25) is 0 Å². The maximum Gasteiger partial charge on any atom is 0.254 e. The van der Waals surface area contributed by atoms with Gasteiger partial charge in [-0.25, -0.2) is 0 Å². The molecule has 4 rings (SSSR count). The molecule has 2 aliphatic rings. The zero-order chi connectivity index (χ0) is 19.7. The van der Waals surface area contributed by atoms with Gasteiger partial charge in [0.1, 0.15) is 11.5 Å². The zero-order valence-electron chi connectivity index (χ0n) is 16.2. The highest BCUT2D eigenvalue weighted by Crippen LogP contribution is 2.34. The molecular formula is C22H25NO5. The molecule has 2 aromatic carbocycles. The third kappa shape index (κ3) is 3.45. The highest BCUT2D eigenvalue weighted by Gasteiger charge is 2.38. The minimum atomic E-state index is -0.548. The Morgan fingerprint density at radius 3 is 2.64 bits per heavy atom. The van der Waals surface area contributed by atoms with E-state index in [1.807, 2.05) is 36.4 Å². The Labute approximate surface area is 164 Å². The van der Waals surface area contributed by atoms with Crippen LogP contribution in [0.25, 0.3) is 0 Å². The second-order valence-corrected chi connectivity index (χ2v) is 7.28. The second kappa shape index (κ2) is 7.81. The lowest BCUT2D eigenvalue weighted by atomic mass is 9.99. The van der Waals surface area contributed by atoms with E-state index in [1.165, 1.54) is 0 Å². The molecule has 0 radical (unpaired) electrons. The topological polar surface area (TPSA) is 68.2 Å². The molecule has 2 heterocycles. The van der Waals surface area contributed by atoms with Crippen molar-refractivity contribution in [2.45, 2.75) is 31.5 Å². The average molecular weight is 383 g/mol. The minimum absolute atomic E-state index is 0.0526. The third-order valence-corrected chi connectivity index (χ3v) is 5.58. The smallest absolute Gasteiger partial charge is 0.254 e. The first-order valence-corrected chi connectivity index (χ1v) is 9.50. The van der Waals surface area contributed by atoms with E-state index in [0.717, 1.165) is 28.2 Å². The van der Waals surface area contributed by atoms with Gasteiger partial charge in [0, 0.05) is 25.1 Å². The van der Waals surface area contributed by atoms with Crippen LogP contribution in [0.3, 0.4) is 0 Å². The standard InChI is InChI=1S/C22H25NO5/c1-26-17-5-3-14(4-6-17)9-15-10-18-16(11-21(15)27-2)12-23(22(18)25)19-13-28-8-7-20(19)24/h3-6,10-11,19-20,24H,7-9,12-13H2,1-2H3/t19-,20-/m0/s1. The molecule has 0 aromatic heterocycles. The van der Waals surface area contributed by atoms with E-state index >= 15 is 0 Å². The van der Waals surface area contributed by atoms with Crippen molar-refractivity contribution in [2.24, 2.45) is 0 Å². The summed E-state index contributed by atoms with van der Waals surface area (Å²) in [6.07, 6.45) is 0.660. The zero-order valence-corrected chi connectivity index (χ0v) is 16.2. The van der Waals surface area contributed by atoms with Crippen molar-refractivity contribution in [1.82, 2.24) is 4.90 Å². The number of hydrogen-bond acceptors (Lipinski definition) is 5. The number of hydrogen-bond donors (Lipinski definition) is 1. The number of ether oxygens (including phenoxy) is 3. The maximum absolute atomic E-state index is 13.0. The van der Waals surface area contributed by atoms with Crippen LogP contribution >= 0.6 is 0 Å². The van der Waals surface area contributed by atoms with Crippen molar-refractivity contribution in [3.8, 4) is 11.5 Å². The first-order chi connectivity index (χ1) is 13.6. The molecule has 1 N–H and O–H groups in total. The first-order valence-electron chi connectivity index (χ1n) is 9.50. The van der Waals surface area contributed by atoms with Crippen LogP contribution in [0, 0.1) is 0 Å². The van der Waals surface area contributed by atoms with Gasteiger partial charge in [-0.2, -0.15) is 0 Å². The number of rotatable bonds is 5. The predicted molar refractivity (Wildman–Crippen MR) is 104 cm³/mol. The van der Waals surface area contributed by atoms with E-state index in [2.05, 4.69) is 0 Å². The van der Waals surface area contributed by atoms with E-state index in [4.69, 9.17) is 14.2 Å². The lowest BCUT2D eigenvalue weighted by Gasteiger charge is -2.34. The average Bonchev–Trinajstić information content (AvgIpc) is 3.04. The quantitative estimate of drug-likeness (QED) is 0.859. The lowest BCUT2D eigenvalue weighted by molar-refractivity contribution is -0.0528. The van der Waals surface area contributed by atoms with Crippen molar-refractivity contribution in [3.63, 3.8) is 0 Å². The third-order valence-electron chi connectivity index (χ3n) is 5.58. The Morgan fingerprint density at radius 1 is 1.18 bits per heavy atom. The molecule has 148 valence electrons. The summed E-state index contributed by atoms with van der Waals surface area (Å²) in [7, 11) is 3.29. The van der Waals surface area contributed by atoms with Gasteiger partial charge in [-0.3, -0.25) is 4.79 Å². The molecule has 2 aliphatic heterocycles. The summed E-state index contributed by atoms with van der Waals surface area (Å²) >= 11 is 0. The number of carbonyl (C=O) groups is 1. The fourth-order valence-corrected chi connectivity index (χ4v) is 3.98. The van der Waals surface area contributed by atoms with Crippen molar-refractivity contribution in [2.75, 3.05) is 27.4 Å². The summed E-state index contributed by atoms with van der Waals surface area (Å²) < 4.78 is 16.3. The molecule has 2 atom stereocenters. The first kappa shape index (κ1) is 18.8. The van der Waals surface area contributed by atoms with E-state index in [-0.39, 0.29) is 11.9 Å². The Kier molecular flexibility index (Phi) is 5.24. The van der Waals surface area contributed by atoms with Crippen molar-refractivity contribution in [3.05, 3.63) is 58.7 Å². The molecule has 0 unspecified atom stereocenters. The van der Waals surface area contributed by atoms with Crippen LogP contribution in [0.1, 0.15) is 33.5 Å². The van der Waals surface area contributed by atoms with Crippen LogP contribution in [-0.4, -0.2) is 55.5 Å². The summed E-state index contributed by atoms with van der Waals surface area (Å²) in [5.74, 6) is 1.52. The van der Waals surface area contributed by atoms with Crippen LogP contribution in [0.15, 0.2) is 36.4 Å². The molecule has 1 saturated heterocycles. The van der Waals surface area contributed by atoms with E-state index in [9.17, 15) is 9.90 Å². The number of nitrogens with zero attached hydrogens (tertiary/aromatic N) is 1. The summed E-state index contributed by atoms with van der Waals surface area (Å²) in [6.45, 7) is 1.38. The number of fused-ring (bicyclic) bond motifs is 1. The molecule has 0 saturated carbocycles. The largest absolute Gasteiger partial charge is 0.497 e. The van der Waals surface area contributed by atoms with Gasteiger partial charge in [0.05, 0.1) is 33.0 Å². The molecule has 1 fully saturated rings. The number of aliphatic hydroxyl groups excluding tert-OH is 1. The van der Waals surface area contributed by atoms with E-state index in [1.54, 1.807) is 19.1 Å². The number of benzene rings is 2. The number of amides is 1. The number of carbonyl (C=O) groups excluding carboxylic acids is 1. The number of methoxy groups -OCH3 is 2. The molecule has 2 aromatic rings. The molecule has 1 amide bonds. The van der Waals surface area contributed by atoms with Gasteiger partial charge in [0.25, 0.3) is 5.91 Å². The second-order valence-electron chi connectivity index (χ2n) is 7.28. The van der Waals surface area contributed by atoms with Crippen LogP contribution in [-0.2, 0) is 17.7 Å². The van der Waals surface area contributed by atoms with Crippen LogP contribution in [0.4, 0.5) is 0 Å². The van der Waals surface area contributed by atoms with Crippen LogP contribution in [0.5, 0.6) is 11.5 Å². The van der Waals surface area contributed by atoms with Crippen molar-refractivity contribution >= 4 is 5.91 Å². The van der Waals surface area contributed by atoms with Gasteiger partial charge in [0.15, 0.2) is 0 Å². The van der Waals surface area contributed by atoms with Gasteiger partial charge in [-0.15, -0.1) is 0 Å². The van der Waals surface area contributed by atoms with Crippen molar-refractivity contribution < 1.29 is 24.1 Å². The summed E-state index contributed by atoms with van der Waals surface area (Å²) in [5, 5.41) is 10.3. The van der Waals surface area contributed by atoms with E-state index in [0.29, 0.717) is 38.2 Å². The highest BCUT2D eigenvalue weighted by atomic mass is 16.5. The minimum Gasteiger partial charge on any atom is -0.497 e. The SMILES string of the molecule is COc1ccc(Cc2cc3c(cc2OC)CN([C@H]2COCC[C@@H]2O)C3=O)cc1. The normalized spacial score (nSPS) is 21.5. The maximum atomic E-state index is 13.0. The Hall–Kier alpha value is -2.57. The molecule has 6 nitrogen and oxygen atoms in total. The molecule has 0 bridgehead atoms. The summed E-state index contributed by atoms with van der Waals surface area (Å²) in [4.78, 5) is 14.8.